The van der Waals surface area contributed by atoms with Gasteiger partial charge in [-0.3, -0.25) is 0 Å². The second-order valence-electron chi connectivity index (χ2n) is 6.01. The first kappa shape index (κ1) is 14.8. The predicted molar refractivity (Wildman–Crippen MR) is 80.2 cm³/mol. The van der Waals surface area contributed by atoms with Crippen molar-refractivity contribution in [2.45, 2.75) is 50.9 Å². The number of hydrogen-bond acceptors (Lipinski definition) is 3. The van der Waals surface area contributed by atoms with Crippen molar-refractivity contribution in [2.24, 2.45) is 4.99 Å². The Labute approximate surface area is 121 Å². The van der Waals surface area contributed by atoms with E-state index in [1.54, 1.807) is 13.2 Å². The molecule has 2 rings (SSSR count). The van der Waals surface area contributed by atoms with E-state index >= 15 is 0 Å². The predicted octanol–water partition coefficient (Wildman–Crippen LogP) is 3.97. The van der Waals surface area contributed by atoms with Gasteiger partial charge in [-0.05, 0) is 30.4 Å². The quantitative estimate of drug-likeness (QED) is 0.601. The van der Waals surface area contributed by atoms with Crippen LogP contribution in [-0.2, 0) is 10.2 Å². The molecule has 20 heavy (non-hydrogen) atoms. The number of aliphatic imine (C=N–C) groups is 1. The van der Waals surface area contributed by atoms with Crippen molar-refractivity contribution in [1.29, 1.82) is 0 Å². The third-order valence-electron chi connectivity index (χ3n) is 4.47. The summed E-state index contributed by atoms with van der Waals surface area (Å²) in [6.07, 6.45) is 6.20. The fourth-order valence-corrected chi connectivity index (χ4v) is 3.25. The lowest BCUT2D eigenvalue weighted by Gasteiger charge is -2.29. The smallest absolute Gasteiger partial charge is 0.234 e. The van der Waals surface area contributed by atoms with Crippen molar-refractivity contribution in [3.8, 4) is 5.75 Å². The van der Waals surface area contributed by atoms with Gasteiger partial charge in [-0.15, -0.1) is 0 Å². The highest BCUT2D eigenvalue weighted by Gasteiger charge is 2.38. The standard InChI is InChI=1S/C17H23NO2/c1-13(2)14-6-7-16(20-3)15(10-14)17(11-18-12-19)8-4-5-9-17/h6-7,10,13H,4-5,8-9,11H2,1-3H3. The van der Waals surface area contributed by atoms with E-state index in [1.165, 1.54) is 24.0 Å². The fourth-order valence-electron chi connectivity index (χ4n) is 3.25. The average molecular weight is 273 g/mol. The minimum absolute atomic E-state index is 0.0480. The lowest BCUT2D eigenvalue weighted by atomic mass is 9.77. The zero-order valence-electron chi connectivity index (χ0n) is 12.6. The molecular formula is C17H23NO2. The Morgan fingerprint density at radius 3 is 2.60 bits per heavy atom. The van der Waals surface area contributed by atoms with Gasteiger partial charge in [0.05, 0.1) is 13.7 Å². The number of rotatable bonds is 5. The summed E-state index contributed by atoms with van der Waals surface area (Å²) >= 11 is 0. The molecule has 1 fully saturated rings. The largest absolute Gasteiger partial charge is 0.496 e. The van der Waals surface area contributed by atoms with E-state index < -0.39 is 0 Å². The van der Waals surface area contributed by atoms with E-state index in [9.17, 15) is 4.79 Å². The van der Waals surface area contributed by atoms with Crippen LogP contribution in [0.15, 0.2) is 23.2 Å². The first-order valence-electron chi connectivity index (χ1n) is 7.35. The third-order valence-corrected chi connectivity index (χ3v) is 4.47. The summed E-state index contributed by atoms with van der Waals surface area (Å²) in [5.74, 6) is 1.39. The van der Waals surface area contributed by atoms with E-state index in [-0.39, 0.29) is 5.41 Å². The molecular weight excluding hydrogens is 250 g/mol. The summed E-state index contributed by atoms with van der Waals surface area (Å²) in [5, 5.41) is 0. The lowest BCUT2D eigenvalue weighted by molar-refractivity contribution is 0.377. The minimum Gasteiger partial charge on any atom is -0.496 e. The van der Waals surface area contributed by atoms with E-state index in [0.29, 0.717) is 12.5 Å². The van der Waals surface area contributed by atoms with Crippen molar-refractivity contribution >= 4 is 6.08 Å². The van der Waals surface area contributed by atoms with Gasteiger partial charge in [-0.1, -0.05) is 38.8 Å². The summed E-state index contributed by atoms with van der Waals surface area (Å²) in [6.45, 7) is 4.90. The number of hydrogen-bond donors (Lipinski definition) is 0. The van der Waals surface area contributed by atoms with Gasteiger partial charge in [0.25, 0.3) is 0 Å². The molecule has 3 heteroatoms. The zero-order valence-corrected chi connectivity index (χ0v) is 12.6. The summed E-state index contributed by atoms with van der Waals surface area (Å²) in [7, 11) is 1.71. The van der Waals surface area contributed by atoms with Crippen LogP contribution in [0.2, 0.25) is 0 Å². The van der Waals surface area contributed by atoms with Crippen LogP contribution in [0, 0.1) is 0 Å². The molecule has 1 aliphatic carbocycles. The molecule has 0 aliphatic heterocycles. The Balaban J connectivity index is 2.50. The van der Waals surface area contributed by atoms with Crippen LogP contribution < -0.4 is 4.74 Å². The van der Waals surface area contributed by atoms with Crippen LogP contribution >= 0.6 is 0 Å². The maximum Gasteiger partial charge on any atom is 0.234 e. The topological polar surface area (TPSA) is 38.7 Å². The second-order valence-corrected chi connectivity index (χ2v) is 6.01. The Bertz CT molecular complexity index is 510. The van der Waals surface area contributed by atoms with Crippen molar-refractivity contribution in [3.63, 3.8) is 0 Å². The molecule has 0 radical (unpaired) electrons. The number of methoxy groups -OCH3 is 1. The zero-order chi connectivity index (χ0) is 14.6. The highest BCUT2D eigenvalue weighted by atomic mass is 16.5. The van der Waals surface area contributed by atoms with Gasteiger partial charge in [0.15, 0.2) is 0 Å². The molecule has 0 atom stereocenters. The molecule has 0 heterocycles. The number of nitrogens with zero attached hydrogens (tertiary/aromatic N) is 1. The molecule has 0 aromatic heterocycles. The number of carbonyl (C=O) groups excluding carboxylic acids is 1. The molecule has 0 bridgehead atoms. The summed E-state index contributed by atoms with van der Waals surface area (Å²) in [6, 6.07) is 6.42. The van der Waals surface area contributed by atoms with Crippen molar-refractivity contribution in [1.82, 2.24) is 0 Å². The van der Waals surface area contributed by atoms with Gasteiger partial charge in [0.2, 0.25) is 6.08 Å². The molecule has 1 aromatic rings. The molecule has 0 N–H and O–H groups in total. The average Bonchev–Trinajstić information content (AvgIpc) is 2.94. The summed E-state index contributed by atoms with van der Waals surface area (Å²) in [5.41, 5.74) is 2.47. The van der Waals surface area contributed by atoms with Gasteiger partial charge < -0.3 is 4.74 Å². The van der Waals surface area contributed by atoms with Crippen LogP contribution in [0.1, 0.15) is 56.6 Å². The van der Waals surface area contributed by atoms with Crippen LogP contribution in [0.5, 0.6) is 5.75 Å². The van der Waals surface area contributed by atoms with Gasteiger partial charge in [-0.25, -0.2) is 9.79 Å². The molecule has 1 aromatic carbocycles. The lowest BCUT2D eigenvalue weighted by Crippen LogP contribution is -2.27. The minimum atomic E-state index is -0.0480. The number of ether oxygens (including phenoxy) is 1. The number of benzene rings is 1. The molecule has 0 unspecified atom stereocenters. The summed E-state index contributed by atoms with van der Waals surface area (Å²) in [4.78, 5) is 14.4. The van der Waals surface area contributed by atoms with Gasteiger partial charge >= 0.3 is 0 Å². The SMILES string of the molecule is COc1ccc(C(C)C)cc1C1(CN=C=O)CCCC1. The first-order valence-corrected chi connectivity index (χ1v) is 7.35. The maximum atomic E-state index is 10.5. The maximum absolute atomic E-state index is 10.5. The van der Waals surface area contributed by atoms with E-state index in [0.717, 1.165) is 18.6 Å². The monoisotopic (exact) mass is 273 g/mol. The van der Waals surface area contributed by atoms with Crippen LogP contribution in [0.4, 0.5) is 0 Å². The van der Waals surface area contributed by atoms with E-state index in [1.807, 2.05) is 0 Å². The fraction of sp³-hybridized carbons (Fsp3) is 0.588. The Hall–Kier alpha value is -1.60. The molecule has 0 amide bonds. The highest BCUT2D eigenvalue weighted by Crippen LogP contribution is 2.45. The molecule has 0 spiro atoms. The highest BCUT2D eigenvalue weighted by molar-refractivity contribution is 5.45. The van der Waals surface area contributed by atoms with Gasteiger partial charge in [0.1, 0.15) is 5.75 Å². The van der Waals surface area contributed by atoms with Gasteiger partial charge in [0, 0.05) is 11.0 Å². The van der Waals surface area contributed by atoms with Crippen molar-refractivity contribution in [2.75, 3.05) is 13.7 Å². The molecule has 0 saturated heterocycles. The van der Waals surface area contributed by atoms with Crippen LogP contribution in [-0.4, -0.2) is 19.7 Å². The van der Waals surface area contributed by atoms with Crippen molar-refractivity contribution < 1.29 is 9.53 Å². The Morgan fingerprint density at radius 2 is 2.05 bits per heavy atom. The molecule has 1 aliphatic rings. The third kappa shape index (κ3) is 2.78. The van der Waals surface area contributed by atoms with E-state index in [2.05, 4.69) is 37.0 Å². The van der Waals surface area contributed by atoms with Gasteiger partial charge in [-0.2, -0.15) is 0 Å². The van der Waals surface area contributed by atoms with Crippen molar-refractivity contribution in [3.05, 3.63) is 29.3 Å². The number of isocyanates is 1. The molecule has 1 saturated carbocycles. The summed E-state index contributed by atoms with van der Waals surface area (Å²) < 4.78 is 5.56. The first-order chi connectivity index (χ1) is 9.63. The van der Waals surface area contributed by atoms with Crippen LogP contribution in [0.3, 0.4) is 0 Å². The Morgan fingerprint density at radius 1 is 1.35 bits per heavy atom. The molecule has 108 valence electrons. The van der Waals surface area contributed by atoms with Crippen LogP contribution in [0.25, 0.3) is 0 Å². The van der Waals surface area contributed by atoms with E-state index in [4.69, 9.17) is 4.74 Å². The molecule has 3 nitrogen and oxygen atoms in total. The normalized spacial score (nSPS) is 17.0. The second kappa shape index (κ2) is 6.23. The Kier molecular flexibility index (Phi) is 4.61.